The number of nitrogens with zero attached hydrogens (tertiary/aromatic N) is 2. The van der Waals surface area contributed by atoms with E-state index in [9.17, 15) is 9.59 Å². The molecule has 0 atom stereocenters. The fraction of sp³-hybridized carbons (Fsp3) is 0.357. The summed E-state index contributed by atoms with van der Waals surface area (Å²) in [5.41, 5.74) is 1.33. The summed E-state index contributed by atoms with van der Waals surface area (Å²) in [4.78, 5) is 28.0. The number of rotatable bonds is 1. The third-order valence-corrected chi connectivity index (χ3v) is 3.39. The van der Waals surface area contributed by atoms with Gasteiger partial charge in [0.15, 0.2) is 0 Å². The largest absolute Gasteiger partial charge is 0.326 e. The Balaban J connectivity index is 2.20. The monoisotopic (exact) mass is 257 g/mol. The second-order valence-corrected chi connectivity index (χ2v) is 4.86. The van der Waals surface area contributed by atoms with E-state index in [0.29, 0.717) is 16.6 Å². The maximum absolute atomic E-state index is 12.4. The Bertz CT molecular complexity index is 718. The summed E-state index contributed by atoms with van der Waals surface area (Å²) in [5, 5.41) is 3.26. The fourth-order valence-corrected chi connectivity index (χ4v) is 2.52. The molecule has 0 bridgehead atoms. The molecule has 0 saturated heterocycles. The van der Waals surface area contributed by atoms with Crippen molar-refractivity contribution >= 4 is 22.5 Å². The Kier molecular flexibility index (Phi) is 2.81. The van der Waals surface area contributed by atoms with Crippen molar-refractivity contribution in [2.24, 2.45) is 0 Å². The average Bonchev–Trinajstić information content (AvgIpc) is 2.39. The van der Waals surface area contributed by atoms with Crippen LogP contribution in [-0.2, 0) is 17.8 Å². The highest BCUT2D eigenvalue weighted by Gasteiger charge is 2.14. The molecule has 5 nitrogen and oxygen atoms in total. The predicted molar refractivity (Wildman–Crippen MR) is 73.2 cm³/mol. The number of carbonyl (C=O) groups excluding carboxylic acids is 1. The molecule has 19 heavy (non-hydrogen) atoms. The molecule has 1 N–H and O–H groups in total. The van der Waals surface area contributed by atoms with Gasteiger partial charge in [-0.05, 0) is 31.0 Å². The van der Waals surface area contributed by atoms with Crippen LogP contribution in [-0.4, -0.2) is 15.5 Å². The Labute approximate surface area is 110 Å². The Morgan fingerprint density at radius 2 is 2.21 bits per heavy atom. The minimum absolute atomic E-state index is 0.00750. The van der Waals surface area contributed by atoms with E-state index in [1.807, 2.05) is 0 Å². The summed E-state index contributed by atoms with van der Waals surface area (Å²) in [7, 11) is 0. The number of benzene rings is 1. The molecule has 5 heteroatoms. The first-order chi connectivity index (χ1) is 9.15. The third-order valence-electron chi connectivity index (χ3n) is 3.39. The van der Waals surface area contributed by atoms with Crippen LogP contribution in [0.4, 0.5) is 5.69 Å². The van der Waals surface area contributed by atoms with Crippen LogP contribution in [0.25, 0.3) is 10.9 Å². The molecule has 98 valence electrons. The molecule has 3 rings (SSSR count). The topological polar surface area (TPSA) is 64.0 Å². The van der Waals surface area contributed by atoms with Crippen LogP contribution in [0, 0.1) is 0 Å². The summed E-state index contributed by atoms with van der Waals surface area (Å²) in [6.45, 7) is 2.18. The molecule has 0 spiro atoms. The second kappa shape index (κ2) is 4.50. The van der Waals surface area contributed by atoms with Crippen molar-refractivity contribution in [3.05, 3.63) is 34.4 Å². The first-order valence-electron chi connectivity index (χ1n) is 6.46. The molecule has 1 aromatic carbocycles. The smallest absolute Gasteiger partial charge is 0.261 e. The zero-order valence-corrected chi connectivity index (χ0v) is 10.8. The Morgan fingerprint density at radius 1 is 1.37 bits per heavy atom. The van der Waals surface area contributed by atoms with Crippen LogP contribution >= 0.6 is 0 Å². The fourth-order valence-electron chi connectivity index (χ4n) is 2.52. The number of nitrogens with one attached hydrogen (secondary N) is 1. The van der Waals surface area contributed by atoms with E-state index in [1.54, 1.807) is 22.8 Å². The van der Waals surface area contributed by atoms with Crippen molar-refractivity contribution in [2.45, 2.75) is 32.7 Å². The van der Waals surface area contributed by atoms with Crippen LogP contribution in [0.15, 0.2) is 23.0 Å². The molecule has 0 unspecified atom stereocenters. The van der Waals surface area contributed by atoms with Crippen molar-refractivity contribution in [2.75, 3.05) is 5.32 Å². The molecule has 1 amide bonds. The zero-order valence-electron chi connectivity index (χ0n) is 10.8. The number of hydrogen-bond donors (Lipinski definition) is 1. The van der Waals surface area contributed by atoms with E-state index < -0.39 is 0 Å². The summed E-state index contributed by atoms with van der Waals surface area (Å²) in [5.74, 6) is 0.724. The molecule has 2 aromatic rings. The lowest BCUT2D eigenvalue weighted by Crippen LogP contribution is -2.28. The predicted octanol–water partition coefficient (Wildman–Crippen LogP) is 1.69. The van der Waals surface area contributed by atoms with Crippen LogP contribution in [0.2, 0.25) is 0 Å². The SMILES string of the molecule is CC(=O)Nc1ccc2nc3n(c(=O)c2c1)CCCC3. The average molecular weight is 257 g/mol. The summed E-state index contributed by atoms with van der Waals surface area (Å²) in [6, 6.07) is 5.27. The van der Waals surface area contributed by atoms with Crippen molar-refractivity contribution in [1.82, 2.24) is 9.55 Å². The van der Waals surface area contributed by atoms with Gasteiger partial charge in [0.05, 0.1) is 10.9 Å². The highest BCUT2D eigenvalue weighted by atomic mass is 16.1. The van der Waals surface area contributed by atoms with E-state index in [0.717, 1.165) is 31.6 Å². The second-order valence-electron chi connectivity index (χ2n) is 4.86. The number of carbonyl (C=O) groups is 1. The van der Waals surface area contributed by atoms with Gasteiger partial charge in [-0.3, -0.25) is 14.2 Å². The lowest BCUT2D eigenvalue weighted by Gasteiger charge is -2.17. The molecule has 1 aromatic heterocycles. The minimum atomic E-state index is -0.148. The van der Waals surface area contributed by atoms with E-state index >= 15 is 0 Å². The van der Waals surface area contributed by atoms with Gasteiger partial charge in [0.25, 0.3) is 5.56 Å². The van der Waals surface area contributed by atoms with Crippen molar-refractivity contribution in [3.63, 3.8) is 0 Å². The number of anilines is 1. The van der Waals surface area contributed by atoms with Crippen LogP contribution in [0.5, 0.6) is 0 Å². The van der Waals surface area contributed by atoms with Gasteiger partial charge < -0.3 is 5.32 Å². The maximum Gasteiger partial charge on any atom is 0.261 e. The molecule has 0 aliphatic carbocycles. The highest BCUT2D eigenvalue weighted by molar-refractivity contribution is 5.92. The third kappa shape index (κ3) is 2.12. The van der Waals surface area contributed by atoms with Crippen LogP contribution < -0.4 is 10.9 Å². The Morgan fingerprint density at radius 3 is 3.00 bits per heavy atom. The van der Waals surface area contributed by atoms with E-state index in [-0.39, 0.29) is 11.5 Å². The van der Waals surface area contributed by atoms with Gasteiger partial charge in [0, 0.05) is 25.6 Å². The summed E-state index contributed by atoms with van der Waals surface area (Å²) >= 11 is 0. The summed E-state index contributed by atoms with van der Waals surface area (Å²) in [6.07, 6.45) is 2.96. The zero-order chi connectivity index (χ0) is 13.4. The van der Waals surface area contributed by atoms with E-state index in [1.165, 1.54) is 6.92 Å². The first kappa shape index (κ1) is 11.9. The van der Waals surface area contributed by atoms with Gasteiger partial charge >= 0.3 is 0 Å². The molecule has 1 aliphatic rings. The maximum atomic E-state index is 12.4. The van der Waals surface area contributed by atoms with Gasteiger partial charge in [-0.15, -0.1) is 0 Å². The first-order valence-corrected chi connectivity index (χ1v) is 6.46. The number of fused-ring (bicyclic) bond motifs is 2. The van der Waals surface area contributed by atoms with Crippen LogP contribution in [0.3, 0.4) is 0 Å². The van der Waals surface area contributed by atoms with Crippen LogP contribution in [0.1, 0.15) is 25.6 Å². The van der Waals surface area contributed by atoms with Gasteiger partial charge in [-0.1, -0.05) is 0 Å². The number of amides is 1. The quantitative estimate of drug-likeness (QED) is 0.845. The molecule has 1 aliphatic heterocycles. The normalized spacial score (nSPS) is 14.2. The highest BCUT2D eigenvalue weighted by Crippen LogP contribution is 2.18. The molecular formula is C14H15N3O2. The lowest BCUT2D eigenvalue weighted by atomic mass is 10.1. The van der Waals surface area contributed by atoms with E-state index in [2.05, 4.69) is 10.3 Å². The van der Waals surface area contributed by atoms with Gasteiger partial charge in [0.1, 0.15) is 5.82 Å². The standard InChI is InChI=1S/C14H15N3O2/c1-9(18)15-10-5-6-12-11(8-10)14(19)17-7-3-2-4-13(17)16-12/h5-6,8H,2-4,7H2,1H3,(H,15,18). The van der Waals surface area contributed by atoms with Gasteiger partial charge in [-0.25, -0.2) is 4.98 Å². The number of aryl methyl sites for hydroxylation is 1. The van der Waals surface area contributed by atoms with Crippen molar-refractivity contribution in [1.29, 1.82) is 0 Å². The minimum Gasteiger partial charge on any atom is -0.326 e. The molecular weight excluding hydrogens is 242 g/mol. The molecule has 0 radical (unpaired) electrons. The molecule has 0 fully saturated rings. The molecule has 2 heterocycles. The molecule has 0 saturated carbocycles. The van der Waals surface area contributed by atoms with E-state index in [4.69, 9.17) is 0 Å². The number of hydrogen-bond acceptors (Lipinski definition) is 3. The lowest BCUT2D eigenvalue weighted by molar-refractivity contribution is -0.114. The van der Waals surface area contributed by atoms with Gasteiger partial charge in [0.2, 0.25) is 5.91 Å². The van der Waals surface area contributed by atoms with Crippen molar-refractivity contribution in [3.8, 4) is 0 Å². The summed E-state index contributed by atoms with van der Waals surface area (Å²) < 4.78 is 1.75. The number of aromatic nitrogens is 2. The van der Waals surface area contributed by atoms with Gasteiger partial charge in [-0.2, -0.15) is 0 Å². The Hall–Kier alpha value is -2.17. The van der Waals surface area contributed by atoms with Crippen molar-refractivity contribution < 1.29 is 4.79 Å².